The highest BCUT2D eigenvalue weighted by atomic mass is 32.2. The fourth-order valence-electron chi connectivity index (χ4n) is 3.25. The van der Waals surface area contributed by atoms with Crippen LogP contribution >= 0.6 is 0 Å². The summed E-state index contributed by atoms with van der Waals surface area (Å²) in [6.45, 7) is 0.670. The Bertz CT molecular complexity index is 662. The van der Waals surface area contributed by atoms with Crippen molar-refractivity contribution in [3.05, 3.63) is 34.9 Å². The molecule has 1 aromatic rings. The lowest BCUT2D eigenvalue weighted by atomic mass is 10.0. The second kappa shape index (κ2) is 5.42. The summed E-state index contributed by atoms with van der Waals surface area (Å²) in [4.78, 5) is 11.0. The number of nitrogens with zero attached hydrogens (tertiary/aromatic N) is 1. The van der Waals surface area contributed by atoms with E-state index >= 15 is 0 Å². The van der Waals surface area contributed by atoms with E-state index in [9.17, 15) is 13.2 Å². The summed E-state index contributed by atoms with van der Waals surface area (Å²) in [6, 6.07) is 4.86. The van der Waals surface area contributed by atoms with Gasteiger partial charge in [0.1, 0.15) is 0 Å². The average Bonchev–Trinajstić information content (AvgIpc) is 2.91. The molecule has 0 unspecified atom stereocenters. The number of benzene rings is 1. The van der Waals surface area contributed by atoms with Crippen molar-refractivity contribution in [1.82, 2.24) is 4.31 Å². The molecule has 0 spiro atoms. The van der Waals surface area contributed by atoms with E-state index in [0.717, 1.165) is 43.2 Å². The third-order valence-electron chi connectivity index (χ3n) is 4.48. The molecule has 1 aliphatic heterocycles. The number of aromatic carboxylic acids is 1. The number of carboxylic acids is 1. The van der Waals surface area contributed by atoms with Gasteiger partial charge >= 0.3 is 5.97 Å². The standard InChI is InChI=1S/C15H19NO4S/c17-15(18)11-6-7-12-9-16(10-13(12)8-11)21(19,20)14-4-2-1-3-5-14/h6-8,14H,1-5,9-10H2,(H,17,18). The van der Waals surface area contributed by atoms with E-state index in [4.69, 9.17) is 5.11 Å². The fourth-order valence-corrected chi connectivity index (χ4v) is 5.24. The molecular formula is C15H19NO4S. The van der Waals surface area contributed by atoms with Gasteiger partial charge < -0.3 is 5.11 Å². The van der Waals surface area contributed by atoms with Crippen LogP contribution in [0.5, 0.6) is 0 Å². The van der Waals surface area contributed by atoms with Crippen LogP contribution < -0.4 is 0 Å². The molecule has 0 bridgehead atoms. The third kappa shape index (κ3) is 2.70. The molecule has 114 valence electrons. The summed E-state index contributed by atoms with van der Waals surface area (Å²) in [5, 5.41) is 8.75. The number of hydrogen-bond acceptors (Lipinski definition) is 3. The number of fused-ring (bicyclic) bond motifs is 1. The molecule has 1 aliphatic carbocycles. The lowest BCUT2D eigenvalue weighted by Crippen LogP contribution is -2.36. The normalized spacial score (nSPS) is 20.4. The summed E-state index contributed by atoms with van der Waals surface area (Å²) >= 11 is 0. The highest BCUT2D eigenvalue weighted by Crippen LogP contribution is 2.32. The summed E-state index contributed by atoms with van der Waals surface area (Å²) in [5.74, 6) is -0.980. The van der Waals surface area contributed by atoms with Crippen molar-refractivity contribution in [3.8, 4) is 0 Å². The first-order chi connectivity index (χ1) is 9.98. The van der Waals surface area contributed by atoms with Crippen molar-refractivity contribution in [2.75, 3.05) is 0 Å². The zero-order valence-electron chi connectivity index (χ0n) is 11.8. The maximum absolute atomic E-state index is 12.7. The Morgan fingerprint density at radius 2 is 1.76 bits per heavy atom. The maximum Gasteiger partial charge on any atom is 0.335 e. The first-order valence-corrected chi connectivity index (χ1v) is 8.83. The van der Waals surface area contributed by atoms with Gasteiger partial charge in [-0.3, -0.25) is 0 Å². The molecule has 0 radical (unpaired) electrons. The number of carboxylic acid groups (broad SMARTS) is 1. The van der Waals surface area contributed by atoms with Gasteiger partial charge in [-0.15, -0.1) is 0 Å². The van der Waals surface area contributed by atoms with Crippen LogP contribution in [0.1, 0.15) is 53.6 Å². The molecule has 6 heteroatoms. The fraction of sp³-hybridized carbons (Fsp3) is 0.533. The number of hydrogen-bond donors (Lipinski definition) is 1. The summed E-state index contributed by atoms with van der Waals surface area (Å²) in [5.41, 5.74) is 1.94. The van der Waals surface area contributed by atoms with Crippen LogP contribution in [0.4, 0.5) is 0 Å². The van der Waals surface area contributed by atoms with Crippen LogP contribution in [0.15, 0.2) is 18.2 Å². The van der Waals surface area contributed by atoms with Crippen molar-refractivity contribution in [2.24, 2.45) is 0 Å². The highest BCUT2D eigenvalue weighted by Gasteiger charge is 2.36. The van der Waals surface area contributed by atoms with Crippen LogP contribution in [-0.2, 0) is 23.1 Å². The second-order valence-corrected chi connectivity index (χ2v) is 8.07. The molecular weight excluding hydrogens is 290 g/mol. The molecule has 1 saturated carbocycles. The van der Waals surface area contributed by atoms with Gasteiger partial charge in [0, 0.05) is 13.1 Å². The van der Waals surface area contributed by atoms with Gasteiger partial charge in [0.25, 0.3) is 0 Å². The molecule has 21 heavy (non-hydrogen) atoms. The van der Waals surface area contributed by atoms with E-state index in [1.807, 2.05) is 0 Å². The molecule has 0 amide bonds. The van der Waals surface area contributed by atoms with Gasteiger partial charge in [0.2, 0.25) is 10.0 Å². The summed E-state index contributed by atoms with van der Waals surface area (Å²) < 4.78 is 26.9. The van der Waals surface area contributed by atoms with Crippen LogP contribution in [0.25, 0.3) is 0 Å². The van der Waals surface area contributed by atoms with Crippen LogP contribution in [0.2, 0.25) is 0 Å². The molecule has 1 N–H and O–H groups in total. The third-order valence-corrected chi connectivity index (χ3v) is 6.77. The molecule has 5 nitrogen and oxygen atoms in total. The quantitative estimate of drug-likeness (QED) is 0.930. The Balaban J connectivity index is 1.82. The number of rotatable bonds is 3. The molecule has 1 aromatic carbocycles. The number of carbonyl (C=O) groups is 1. The Labute approximate surface area is 124 Å². The van der Waals surface area contributed by atoms with E-state index in [1.165, 1.54) is 10.4 Å². The lowest BCUT2D eigenvalue weighted by Gasteiger charge is -2.26. The minimum Gasteiger partial charge on any atom is -0.478 e. The highest BCUT2D eigenvalue weighted by molar-refractivity contribution is 7.89. The summed E-state index contributed by atoms with van der Waals surface area (Å²) in [6.07, 6.45) is 4.57. The van der Waals surface area contributed by atoms with Crippen molar-refractivity contribution in [1.29, 1.82) is 0 Å². The van der Waals surface area contributed by atoms with E-state index in [-0.39, 0.29) is 10.8 Å². The Kier molecular flexibility index (Phi) is 3.75. The zero-order chi connectivity index (χ0) is 15.0. The van der Waals surface area contributed by atoms with E-state index in [1.54, 1.807) is 12.1 Å². The first-order valence-electron chi connectivity index (χ1n) is 7.32. The Morgan fingerprint density at radius 1 is 1.10 bits per heavy atom. The zero-order valence-corrected chi connectivity index (χ0v) is 12.6. The molecule has 0 aromatic heterocycles. The van der Waals surface area contributed by atoms with Crippen LogP contribution in [0, 0.1) is 0 Å². The molecule has 0 atom stereocenters. The van der Waals surface area contributed by atoms with Crippen LogP contribution in [0.3, 0.4) is 0 Å². The molecule has 2 aliphatic rings. The predicted molar refractivity (Wildman–Crippen MR) is 78.4 cm³/mol. The predicted octanol–water partition coefficient (Wildman–Crippen LogP) is 2.36. The largest absolute Gasteiger partial charge is 0.478 e. The van der Waals surface area contributed by atoms with Gasteiger partial charge in [-0.25, -0.2) is 13.2 Å². The minimum absolute atomic E-state index is 0.214. The monoisotopic (exact) mass is 309 g/mol. The maximum atomic E-state index is 12.7. The van der Waals surface area contributed by atoms with Gasteiger partial charge in [-0.1, -0.05) is 25.3 Å². The van der Waals surface area contributed by atoms with Crippen LogP contribution in [-0.4, -0.2) is 29.0 Å². The van der Waals surface area contributed by atoms with Gasteiger partial charge in [-0.2, -0.15) is 4.31 Å². The first kappa shape index (κ1) is 14.5. The van der Waals surface area contributed by atoms with Gasteiger partial charge in [0.05, 0.1) is 10.8 Å². The molecule has 1 fully saturated rings. The Hall–Kier alpha value is -1.40. The van der Waals surface area contributed by atoms with E-state index < -0.39 is 16.0 Å². The van der Waals surface area contributed by atoms with Crippen molar-refractivity contribution >= 4 is 16.0 Å². The number of sulfonamides is 1. The van der Waals surface area contributed by atoms with Gasteiger partial charge in [0.15, 0.2) is 0 Å². The van der Waals surface area contributed by atoms with E-state index in [2.05, 4.69) is 0 Å². The molecule has 1 heterocycles. The smallest absolute Gasteiger partial charge is 0.335 e. The van der Waals surface area contributed by atoms with E-state index in [0.29, 0.717) is 13.1 Å². The van der Waals surface area contributed by atoms with Crippen molar-refractivity contribution in [3.63, 3.8) is 0 Å². The molecule has 3 rings (SSSR count). The SMILES string of the molecule is O=C(O)c1ccc2c(c1)CN(S(=O)(=O)C1CCCCC1)C2. The summed E-state index contributed by atoms with van der Waals surface area (Å²) in [7, 11) is -3.28. The van der Waals surface area contributed by atoms with Crippen molar-refractivity contribution < 1.29 is 18.3 Å². The van der Waals surface area contributed by atoms with Gasteiger partial charge in [-0.05, 0) is 36.1 Å². The average molecular weight is 309 g/mol. The topological polar surface area (TPSA) is 74.7 Å². The second-order valence-electron chi connectivity index (χ2n) is 5.86. The lowest BCUT2D eigenvalue weighted by molar-refractivity contribution is 0.0696. The van der Waals surface area contributed by atoms with Crippen molar-refractivity contribution in [2.45, 2.75) is 50.4 Å². The minimum atomic E-state index is -3.28. The Morgan fingerprint density at radius 3 is 2.43 bits per heavy atom. The molecule has 0 saturated heterocycles.